The van der Waals surface area contributed by atoms with Gasteiger partial charge in [0.2, 0.25) is 0 Å². The molecule has 1 heterocycles. The summed E-state index contributed by atoms with van der Waals surface area (Å²) in [5.41, 5.74) is 2.07. The Labute approximate surface area is 166 Å². The molecule has 1 atom stereocenters. The van der Waals surface area contributed by atoms with Gasteiger partial charge in [0.25, 0.3) is 11.8 Å². The summed E-state index contributed by atoms with van der Waals surface area (Å²) < 4.78 is 0. The van der Waals surface area contributed by atoms with Crippen LogP contribution in [0, 0.1) is 5.92 Å². The molecule has 0 radical (unpaired) electrons. The van der Waals surface area contributed by atoms with Crippen molar-refractivity contribution in [2.24, 2.45) is 5.92 Å². The predicted octanol–water partition coefficient (Wildman–Crippen LogP) is 2.39. The number of carbonyl (C=O) groups excluding carboxylic acids is 3. The van der Waals surface area contributed by atoms with Crippen LogP contribution in [0.4, 0.5) is 4.79 Å². The number of carbonyl (C=O) groups is 3. The average Bonchev–Trinajstić information content (AvgIpc) is 2.94. The molecule has 2 aliphatic rings. The minimum Gasteiger partial charge on any atom is -0.318 e. The Morgan fingerprint density at radius 3 is 2.54 bits per heavy atom. The lowest BCUT2D eigenvalue weighted by Gasteiger charge is -2.27. The molecular weight excluding hydrogens is 356 g/mol. The highest BCUT2D eigenvalue weighted by atomic mass is 16.2. The molecule has 7 nitrogen and oxygen atoms in total. The van der Waals surface area contributed by atoms with Crippen LogP contribution in [0.5, 0.6) is 0 Å². The first kappa shape index (κ1) is 20.3. The van der Waals surface area contributed by atoms with Crippen molar-refractivity contribution in [3.8, 4) is 0 Å². The molecule has 2 fully saturated rings. The maximum absolute atomic E-state index is 13.0. The lowest BCUT2D eigenvalue weighted by molar-refractivity contribution is -0.139. The molecule has 1 aliphatic carbocycles. The molecule has 1 saturated carbocycles. The molecular formula is C21H30N4O3. The van der Waals surface area contributed by atoms with Crippen molar-refractivity contribution < 1.29 is 14.4 Å². The van der Waals surface area contributed by atoms with Gasteiger partial charge in [-0.15, -0.1) is 0 Å². The van der Waals surface area contributed by atoms with E-state index in [9.17, 15) is 14.4 Å². The monoisotopic (exact) mass is 386 g/mol. The normalized spacial score (nSPS) is 23.2. The lowest BCUT2D eigenvalue weighted by Crippen LogP contribution is -2.51. The Balaban J connectivity index is 1.61. The molecule has 1 aromatic rings. The van der Waals surface area contributed by atoms with E-state index in [1.807, 2.05) is 49.2 Å². The number of benzene rings is 1. The van der Waals surface area contributed by atoms with E-state index in [1.165, 1.54) is 32.1 Å². The summed E-state index contributed by atoms with van der Waals surface area (Å²) in [7, 11) is 1.90. The summed E-state index contributed by atoms with van der Waals surface area (Å²) in [5.74, 6) is -0.189. The third-order valence-corrected chi connectivity index (χ3v) is 5.83. The first-order valence-corrected chi connectivity index (χ1v) is 10.2. The summed E-state index contributed by atoms with van der Waals surface area (Å²) in [5, 5.41) is 3.59. The van der Waals surface area contributed by atoms with Crippen molar-refractivity contribution in [3.63, 3.8) is 0 Å². The number of hydrazine groups is 1. The summed E-state index contributed by atoms with van der Waals surface area (Å²) in [6, 6.07) is 8.53. The lowest BCUT2D eigenvalue weighted by atomic mass is 9.87. The van der Waals surface area contributed by atoms with Crippen molar-refractivity contribution in [1.29, 1.82) is 0 Å². The molecule has 0 bridgehead atoms. The highest BCUT2D eigenvalue weighted by molar-refractivity contribution is 6.08. The van der Waals surface area contributed by atoms with Gasteiger partial charge in [0, 0.05) is 6.54 Å². The number of rotatable bonds is 7. The fourth-order valence-electron chi connectivity index (χ4n) is 4.32. The van der Waals surface area contributed by atoms with Crippen LogP contribution in [-0.2, 0) is 15.1 Å². The topological polar surface area (TPSA) is 81.8 Å². The maximum atomic E-state index is 13.0. The average molecular weight is 386 g/mol. The van der Waals surface area contributed by atoms with Crippen molar-refractivity contribution in [2.75, 3.05) is 20.1 Å². The second-order valence-corrected chi connectivity index (χ2v) is 7.93. The minimum atomic E-state index is -1.14. The van der Waals surface area contributed by atoms with E-state index in [-0.39, 0.29) is 12.5 Å². The molecule has 152 valence electrons. The van der Waals surface area contributed by atoms with Gasteiger partial charge in [-0.3, -0.25) is 19.9 Å². The van der Waals surface area contributed by atoms with Crippen LogP contribution in [0.1, 0.15) is 51.0 Å². The van der Waals surface area contributed by atoms with Crippen LogP contribution in [0.2, 0.25) is 0 Å². The standard InChI is InChI=1S/C21H30N4O3/c1-3-21(17-12-8-5-9-13-17)19(27)25(20(28)22-21)23-18(26)15-24(2)14-16-10-6-4-7-11-16/h5,8-9,12-13,16H,3-4,6-7,10-11,14-15H2,1-2H3,(H,22,28)(H,23,26). The van der Waals surface area contributed by atoms with Crippen molar-refractivity contribution in [1.82, 2.24) is 20.7 Å². The van der Waals surface area contributed by atoms with Crippen LogP contribution in [0.25, 0.3) is 0 Å². The minimum absolute atomic E-state index is 0.151. The van der Waals surface area contributed by atoms with Gasteiger partial charge >= 0.3 is 6.03 Å². The molecule has 1 saturated heterocycles. The Bertz CT molecular complexity index is 718. The molecule has 4 amide bonds. The summed E-state index contributed by atoms with van der Waals surface area (Å²) in [6.45, 7) is 2.85. The number of imide groups is 1. The van der Waals surface area contributed by atoms with Gasteiger partial charge in [-0.2, -0.15) is 5.01 Å². The molecule has 1 unspecified atom stereocenters. The number of hydrogen-bond donors (Lipinski definition) is 2. The Morgan fingerprint density at radius 2 is 1.89 bits per heavy atom. The zero-order valence-electron chi connectivity index (χ0n) is 16.7. The fraction of sp³-hybridized carbons (Fsp3) is 0.571. The molecule has 28 heavy (non-hydrogen) atoms. The van der Waals surface area contributed by atoms with Crippen molar-refractivity contribution >= 4 is 17.8 Å². The highest BCUT2D eigenvalue weighted by Crippen LogP contribution is 2.31. The SMILES string of the molecule is CCC1(c2ccccc2)NC(=O)N(NC(=O)CN(C)CC2CCCCC2)C1=O. The van der Waals surface area contributed by atoms with Crippen LogP contribution < -0.4 is 10.7 Å². The van der Waals surface area contributed by atoms with E-state index >= 15 is 0 Å². The Hall–Kier alpha value is -2.41. The van der Waals surface area contributed by atoms with Crippen LogP contribution in [-0.4, -0.2) is 47.9 Å². The number of urea groups is 1. The summed E-state index contributed by atoms with van der Waals surface area (Å²) in [6.07, 6.45) is 6.62. The quantitative estimate of drug-likeness (QED) is 0.705. The van der Waals surface area contributed by atoms with Gasteiger partial charge in [0.1, 0.15) is 5.54 Å². The smallest absolute Gasteiger partial charge is 0.318 e. The molecule has 0 spiro atoms. The summed E-state index contributed by atoms with van der Waals surface area (Å²) in [4.78, 5) is 39.9. The van der Waals surface area contributed by atoms with E-state index in [4.69, 9.17) is 0 Å². The zero-order valence-corrected chi connectivity index (χ0v) is 16.7. The van der Waals surface area contributed by atoms with Crippen LogP contribution >= 0.6 is 0 Å². The Morgan fingerprint density at radius 1 is 1.21 bits per heavy atom. The van der Waals surface area contributed by atoms with Crippen LogP contribution in [0.3, 0.4) is 0 Å². The Kier molecular flexibility index (Phi) is 6.34. The first-order valence-electron chi connectivity index (χ1n) is 10.2. The largest absolute Gasteiger partial charge is 0.344 e. The van der Waals surface area contributed by atoms with E-state index in [0.717, 1.165) is 11.6 Å². The summed E-state index contributed by atoms with van der Waals surface area (Å²) >= 11 is 0. The van der Waals surface area contributed by atoms with Crippen molar-refractivity contribution in [2.45, 2.75) is 51.0 Å². The van der Waals surface area contributed by atoms with Crippen LogP contribution in [0.15, 0.2) is 30.3 Å². The van der Waals surface area contributed by atoms with E-state index in [1.54, 1.807) is 0 Å². The van der Waals surface area contributed by atoms with Gasteiger partial charge in [-0.05, 0) is 37.8 Å². The fourth-order valence-corrected chi connectivity index (χ4v) is 4.32. The van der Waals surface area contributed by atoms with Crippen molar-refractivity contribution in [3.05, 3.63) is 35.9 Å². The third kappa shape index (κ3) is 4.19. The molecule has 1 aliphatic heterocycles. The second kappa shape index (κ2) is 8.73. The van der Waals surface area contributed by atoms with E-state index in [2.05, 4.69) is 10.7 Å². The van der Waals surface area contributed by atoms with Gasteiger partial charge in [-0.1, -0.05) is 56.5 Å². The first-order chi connectivity index (χ1) is 13.5. The number of nitrogens with zero attached hydrogens (tertiary/aromatic N) is 2. The molecule has 0 aromatic heterocycles. The maximum Gasteiger partial charge on any atom is 0.344 e. The van der Waals surface area contributed by atoms with Gasteiger partial charge in [-0.25, -0.2) is 4.79 Å². The predicted molar refractivity (Wildman–Crippen MR) is 106 cm³/mol. The van der Waals surface area contributed by atoms with Gasteiger partial charge in [0.15, 0.2) is 0 Å². The second-order valence-electron chi connectivity index (χ2n) is 7.93. The molecule has 1 aromatic carbocycles. The number of amides is 4. The van der Waals surface area contributed by atoms with E-state index in [0.29, 0.717) is 17.9 Å². The van der Waals surface area contributed by atoms with Gasteiger partial charge in [0.05, 0.1) is 6.54 Å². The number of likely N-dealkylation sites (N-methyl/N-ethyl adjacent to an activating group) is 1. The zero-order chi connectivity index (χ0) is 20.1. The molecule has 7 heteroatoms. The number of nitrogens with one attached hydrogen (secondary N) is 2. The molecule has 2 N–H and O–H groups in total. The highest BCUT2D eigenvalue weighted by Gasteiger charge is 2.52. The number of hydrogen-bond acceptors (Lipinski definition) is 4. The van der Waals surface area contributed by atoms with E-state index < -0.39 is 17.5 Å². The van der Waals surface area contributed by atoms with Gasteiger partial charge < -0.3 is 5.32 Å². The molecule has 3 rings (SSSR count). The third-order valence-electron chi connectivity index (χ3n) is 5.83.